The number of aryl methyl sites for hydroxylation is 2. The lowest BCUT2D eigenvalue weighted by Gasteiger charge is -2.22. The van der Waals surface area contributed by atoms with Gasteiger partial charge in [-0.2, -0.15) is 4.98 Å². The van der Waals surface area contributed by atoms with Gasteiger partial charge in [0, 0.05) is 33.1 Å². The fourth-order valence-corrected chi connectivity index (χ4v) is 2.63. The van der Waals surface area contributed by atoms with Crippen LogP contribution in [0.15, 0.2) is 27.7 Å². The first kappa shape index (κ1) is 19.5. The Hall–Kier alpha value is -1.79. The Morgan fingerprint density at radius 3 is 2.76 bits per heavy atom. The maximum absolute atomic E-state index is 6.08. The van der Waals surface area contributed by atoms with Gasteiger partial charge < -0.3 is 14.7 Å². The Labute approximate surface area is 158 Å². The molecule has 2 rings (SSSR count). The number of aromatic nitrogens is 2. The first-order valence-electron chi connectivity index (χ1n) is 8.22. The third-order valence-electron chi connectivity index (χ3n) is 3.48. The van der Waals surface area contributed by atoms with E-state index < -0.39 is 0 Å². The third kappa shape index (κ3) is 6.21. The van der Waals surface area contributed by atoms with E-state index in [0.717, 1.165) is 30.9 Å². The molecule has 25 heavy (non-hydrogen) atoms. The molecule has 1 N–H and O–H groups in total. The zero-order valence-corrected chi connectivity index (χ0v) is 16.2. The number of hydrogen-bond acceptors (Lipinski definition) is 4. The standard InChI is InChI=1S/C17H23Cl2N5O/c1-4-20-17(21-9-5-6-16-22-12(2)23-25-16)24(3)11-13-7-8-14(18)15(19)10-13/h7-8,10H,4-6,9,11H2,1-3H3,(H,20,21). The van der Waals surface area contributed by atoms with Crippen molar-refractivity contribution in [3.8, 4) is 0 Å². The monoisotopic (exact) mass is 383 g/mol. The summed E-state index contributed by atoms with van der Waals surface area (Å²) in [6.07, 6.45) is 1.57. The zero-order chi connectivity index (χ0) is 18.2. The van der Waals surface area contributed by atoms with Crippen LogP contribution in [0.3, 0.4) is 0 Å². The van der Waals surface area contributed by atoms with Crippen LogP contribution in [0.2, 0.25) is 10.0 Å². The molecule has 0 aliphatic rings. The molecule has 1 heterocycles. The Balaban J connectivity index is 1.91. The molecule has 8 heteroatoms. The SMILES string of the molecule is CCNC(=NCCCc1nc(C)no1)N(C)Cc1ccc(Cl)c(Cl)c1. The van der Waals surface area contributed by atoms with Crippen molar-refractivity contribution in [1.29, 1.82) is 0 Å². The summed E-state index contributed by atoms with van der Waals surface area (Å²) in [7, 11) is 1.99. The van der Waals surface area contributed by atoms with E-state index in [1.165, 1.54) is 0 Å². The van der Waals surface area contributed by atoms with Crippen LogP contribution in [-0.2, 0) is 13.0 Å². The number of guanidine groups is 1. The van der Waals surface area contributed by atoms with E-state index in [4.69, 9.17) is 27.7 Å². The number of nitrogens with zero attached hydrogens (tertiary/aromatic N) is 4. The highest BCUT2D eigenvalue weighted by Gasteiger charge is 2.08. The highest BCUT2D eigenvalue weighted by Crippen LogP contribution is 2.23. The van der Waals surface area contributed by atoms with Crippen molar-refractivity contribution in [2.75, 3.05) is 20.1 Å². The quantitative estimate of drug-likeness (QED) is 0.448. The largest absolute Gasteiger partial charge is 0.357 e. The number of hydrogen-bond donors (Lipinski definition) is 1. The lowest BCUT2D eigenvalue weighted by Crippen LogP contribution is -2.38. The molecule has 136 valence electrons. The topological polar surface area (TPSA) is 66.5 Å². The van der Waals surface area contributed by atoms with Crippen molar-refractivity contribution in [1.82, 2.24) is 20.4 Å². The summed E-state index contributed by atoms with van der Waals surface area (Å²) in [6, 6.07) is 5.65. The highest BCUT2D eigenvalue weighted by molar-refractivity contribution is 6.42. The van der Waals surface area contributed by atoms with Gasteiger partial charge in [-0.05, 0) is 38.0 Å². The molecule has 0 saturated carbocycles. The summed E-state index contributed by atoms with van der Waals surface area (Å²) in [5.74, 6) is 2.16. The number of rotatable bonds is 7. The van der Waals surface area contributed by atoms with Crippen molar-refractivity contribution >= 4 is 29.2 Å². The van der Waals surface area contributed by atoms with Gasteiger partial charge in [0.25, 0.3) is 0 Å². The fraction of sp³-hybridized carbons (Fsp3) is 0.471. The van der Waals surface area contributed by atoms with Gasteiger partial charge in [-0.15, -0.1) is 0 Å². The van der Waals surface area contributed by atoms with Gasteiger partial charge in [-0.25, -0.2) is 0 Å². The Kier molecular flexibility index (Phi) is 7.52. The van der Waals surface area contributed by atoms with Gasteiger partial charge in [-0.1, -0.05) is 34.4 Å². The van der Waals surface area contributed by atoms with Gasteiger partial charge in [0.1, 0.15) is 0 Å². The molecular weight excluding hydrogens is 361 g/mol. The molecule has 0 aliphatic heterocycles. The minimum absolute atomic E-state index is 0.560. The van der Waals surface area contributed by atoms with E-state index in [1.54, 1.807) is 0 Å². The van der Waals surface area contributed by atoms with E-state index in [-0.39, 0.29) is 0 Å². The minimum atomic E-state index is 0.560. The summed E-state index contributed by atoms with van der Waals surface area (Å²) in [5.41, 5.74) is 1.07. The van der Waals surface area contributed by atoms with Crippen LogP contribution in [-0.4, -0.2) is 41.1 Å². The van der Waals surface area contributed by atoms with Crippen LogP contribution in [0.4, 0.5) is 0 Å². The maximum atomic E-state index is 6.08. The molecule has 0 aliphatic carbocycles. The van der Waals surface area contributed by atoms with Crippen LogP contribution in [0.5, 0.6) is 0 Å². The highest BCUT2D eigenvalue weighted by atomic mass is 35.5. The van der Waals surface area contributed by atoms with E-state index in [1.807, 2.05) is 39.1 Å². The van der Waals surface area contributed by atoms with Crippen molar-refractivity contribution in [2.45, 2.75) is 33.2 Å². The molecule has 1 aromatic carbocycles. The first-order valence-corrected chi connectivity index (χ1v) is 8.97. The molecular formula is C17H23Cl2N5O. The molecule has 0 fully saturated rings. The summed E-state index contributed by atoms with van der Waals surface area (Å²) >= 11 is 12.1. The number of aliphatic imine (C=N–C) groups is 1. The van der Waals surface area contributed by atoms with Gasteiger partial charge in [-0.3, -0.25) is 4.99 Å². The second kappa shape index (κ2) is 9.63. The second-order valence-corrected chi connectivity index (χ2v) is 6.49. The maximum Gasteiger partial charge on any atom is 0.226 e. The number of halogens is 2. The molecule has 0 amide bonds. The van der Waals surface area contributed by atoms with Crippen LogP contribution < -0.4 is 5.32 Å². The van der Waals surface area contributed by atoms with E-state index in [2.05, 4.69) is 25.3 Å². The van der Waals surface area contributed by atoms with Gasteiger partial charge >= 0.3 is 0 Å². The Bertz CT molecular complexity index is 717. The molecule has 0 bridgehead atoms. The van der Waals surface area contributed by atoms with Crippen LogP contribution >= 0.6 is 23.2 Å². The van der Waals surface area contributed by atoms with Crippen molar-refractivity contribution in [3.63, 3.8) is 0 Å². The molecule has 0 spiro atoms. The van der Waals surface area contributed by atoms with Crippen LogP contribution in [0.1, 0.15) is 30.6 Å². The molecule has 0 radical (unpaired) electrons. The second-order valence-electron chi connectivity index (χ2n) is 5.68. The minimum Gasteiger partial charge on any atom is -0.357 e. The summed E-state index contributed by atoms with van der Waals surface area (Å²) in [4.78, 5) is 10.9. The van der Waals surface area contributed by atoms with Crippen molar-refractivity contribution < 1.29 is 4.52 Å². The summed E-state index contributed by atoms with van der Waals surface area (Å²) < 4.78 is 5.11. The van der Waals surface area contributed by atoms with E-state index in [9.17, 15) is 0 Å². The summed E-state index contributed by atoms with van der Waals surface area (Å²) in [6.45, 7) is 6.02. The van der Waals surface area contributed by atoms with Gasteiger partial charge in [0.2, 0.25) is 5.89 Å². The molecule has 2 aromatic rings. The molecule has 0 saturated heterocycles. The molecule has 0 atom stereocenters. The van der Waals surface area contributed by atoms with Gasteiger partial charge in [0.05, 0.1) is 10.0 Å². The average Bonchev–Trinajstić information content (AvgIpc) is 2.99. The molecule has 6 nitrogen and oxygen atoms in total. The van der Waals surface area contributed by atoms with Crippen molar-refractivity contribution in [2.24, 2.45) is 4.99 Å². The molecule has 1 aromatic heterocycles. The predicted molar refractivity (Wildman–Crippen MR) is 101 cm³/mol. The fourth-order valence-electron chi connectivity index (χ4n) is 2.31. The zero-order valence-electron chi connectivity index (χ0n) is 14.7. The van der Waals surface area contributed by atoms with E-state index in [0.29, 0.717) is 34.8 Å². The number of benzene rings is 1. The van der Waals surface area contributed by atoms with Crippen LogP contribution in [0.25, 0.3) is 0 Å². The summed E-state index contributed by atoms with van der Waals surface area (Å²) in [5, 5.41) is 8.20. The first-order chi connectivity index (χ1) is 12.0. The van der Waals surface area contributed by atoms with Gasteiger partial charge in [0.15, 0.2) is 11.8 Å². The lowest BCUT2D eigenvalue weighted by molar-refractivity contribution is 0.372. The van der Waals surface area contributed by atoms with E-state index >= 15 is 0 Å². The number of nitrogens with one attached hydrogen (secondary N) is 1. The van der Waals surface area contributed by atoms with Crippen LogP contribution in [0, 0.1) is 6.92 Å². The predicted octanol–water partition coefficient (Wildman–Crippen LogP) is 3.71. The average molecular weight is 384 g/mol. The normalized spacial score (nSPS) is 11.6. The molecule has 0 unspecified atom stereocenters. The lowest BCUT2D eigenvalue weighted by atomic mass is 10.2. The smallest absolute Gasteiger partial charge is 0.226 e. The Morgan fingerprint density at radius 2 is 2.12 bits per heavy atom. The Morgan fingerprint density at radius 1 is 1.32 bits per heavy atom. The third-order valence-corrected chi connectivity index (χ3v) is 4.22. The van der Waals surface area contributed by atoms with Crippen molar-refractivity contribution in [3.05, 3.63) is 45.5 Å².